The number of rotatable bonds is 6. The molecule has 5 nitrogen and oxygen atoms in total. The molecule has 2 amide bonds. The number of hydrogen-bond acceptors (Lipinski definition) is 3. The van der Waals surface area contributed by atoms with E-state index >= 15 is 0 Å². The first kappa shape index (κ1) is 19.9. The lowest BCUT2D eigenvalue weighted by atomic mass is 9.90. The average molecular weight is 380 g/mol. The van der Waals surface area contributed by atoms with Crippen molar-refractivity contribution in [2.75, 3.05) is 23.3 Å². The van der Waals surface area contributed by atoms with Gasteiger partial charge in [-0.2, -0.15) is 0 Å². The molecule has 0 bridgehead atoms. The number of nitrogens with one attached hydrogen (secondary N) is 2. The standard InChI is InChI=1S/C23H29N3O2/c1-17(18-9-5-4-6-10-18)24-21(27)23(2,3)22(28)25-19-11-13-20(14-12-19)26-15-7-8-16-26/h4-6,9-14,17H,7-8,15-16H2,1-3H3,(H,24,27)(H,25,28). The Bertz CT molecular complexity index is 810. The zero-order chi connectivity index (χ0) is 20.1. The Hall–Kier alpha value is -2.82. The third-order valence-corrected chi connectivity index (χ3v) is 5.38. The van der Waals surface area contributed by atoms with Crippen LogP contribution in [0.3, 0.4) is 0 Å². The second-order valence-corrected chi connectivity index (χ2v) is 7.93. The summed E-state index contributed by atoms with van der Waals surface area (Å²) in [6.45, 7) is 7.37. The quantitative estimate of drug-likeness (QED) is 0.742. The third kappa shape index (κ3) is 4.53. The van der Waals surface area contributed by atoms with Crippen molar-refractivity contribution >= 4 is 23.2 Å². The van der Waals surface area contributed by atoms with Crippen LogP contribution in [-0.4, -0.2) is 24.9 Å². The number of amides is 2. The molecule has 28 heavy (non-hydrogen) atoms. The highest BCUT2D eigenvalue weighted by Crippen LogP contribution is 2.25. The van der Waals surface area contributed by atoms with Crippen LogP contribution in [0.5, 0.6) is 0 Å². The molecule has 1 saturated heterocycles. The number of carbonyl (C=O) groups excluding carboxylic acids is 2. The smallest absolute Gasteiger partial charge is 0.239 e. The molecule has 1 fully saturated rings. The maximum Gasteiger partial charge on any atom is 0.239 e. The lowest BCUT2D eigenvalue weighted by Crippen LogP contribution is -2.45. The first-order chi connectivity index (χ1) is 13.4. The summed E-state index contributed by atoms with van der Waals surface area (Å²) in [5, 5.41) is 5.82. The molecular formula is C23H29N3O2. The molecule has 0 saturated carbocycles. The zero-order valence-electron chi connectivity index (χ0n) is 16.9. The maximum absolute atomic E-state index is 12.8. The van der Waals surface area contributed by atoms with E-state index in [2.05, 4.69) is 15.5 Å². The first-order valence-corrected chi connectivity index (χ1v) is 9.90. The van der Waals surface area contributed by atoms with Crippen LogP contribution in [-0.2, 0) is 9.59 Å². The largest absolute Gasteiger partial charge is 0.372 e. The molecule has 2 aromatic rings. The monoisotopic (exact) mass is 379 g/mol. The highest BCUT2D eigenvalue weighted by molar-refractivity contribution is 6.10. The van der Waals surface area contributed by atoms with Gasteiger partial charge in [-0.15, -0.1) is 0 Å². The summed E-state index contributed by atoms with van der Waals surface area (Å²) >= 11 is 0. The van der Waals surface area contributed by atoms with Crippen molar-refractivity contribution in [2.45, 2.75) is 39.7 Å². The molecule has 0 aromatic heterocycles. The van der Waals surface area contributed by atoms with E-state index in [0.717, 1.165) is 18.7 Å². The topological polar surface area (TPSA) is 61.4 Å². The molecule has 1 atom stereocenters. The van der Waals surface area contributed by atoms with Crippen LogP contribution < -0.4 is 15.5 Å². The van der Waals surface area contributed by atoms with Gasteiger partial charge < -0.3 is 15.5 Å². The summed E-state index contributed by atoms with van der Waals surface area (Å²) in [5.41, 5.74) is 1.69. The van der Waals surface area contributed by atoms with Gasteiger partial charge in [0.05, 0.1) is 6.04 Å². The van der Waals surface area contributed by atoms with E-state index in [-0.39, 0.29) is 17.9 Å². The molecule has 1 heterocycles. The van der Waals surface area contributed by atoms with Crippen molar-refractivity contribution < 1.29 is 9.59 Å². The minimum atomic E-state index is -1.18. The molecule has 1 aliphatic heterocycles. The van der Waals surface area contributed by atoms with Gasteiger partial charge in [-0.25, -0.2) is 0 Å². The third-order valence-electron chi connectivity index (χ3n) is 5.38. The van der Waals surface area contributed by atoms with Crippen molar-refractivity contribution in [1.82, 2.24) is 5.32 Å². The summed E-state index contributed by atoms with van der Waals surface area (Å²) in [5.74, 6) is -0.616. The van der Waals surface area contributed by atoms with Gasteiger partial charge in [0.2, 0.25) is 11.8 Å². The van der Waals surface area contributed by atoms with Crippen molar-refractivity contribution in [2.24, 2.45) is 5.41 Å². The summed E-state index contributed by atoms with van der Waals surface area (Å²) in [4.78, 5) is 27.8. The number of carbonyl (C=O) groups is 2. The van der Waals surface area contributed by atoms with Crippen LogP contribution in [0.4, 0.5) is 11.4 Å². The molecule has 0 aliphatic carbocycles. The Balaban J connectivity index is 1.60. The predicted molar refractivity (Wildman–Crippen MR) is 113 cm³/mol. The predicted octanol–water partition coefficient (Wildman–Crippen LogP) is 4.13. The number of benzene rings is 2. The highest BCUT2D eigenvalue weighted by Gasteiger charge is 2.36. The molecule has 0 radical (unpaired) electrons. The minimum absolute atomic E-state index is 0.166. The van der Waals surface area contributed by atoms with E-state index in [0.29, 0.717) is 5.69 Å². The van der Waals surface area contributed by atoms with Crippen molar-refractivity contribution in [3.8, 4) is 0 Å². The van der Waals surface area contributed by atoms with Crippen LogP contribution in [0, 0.1) is 5.41 Å². The molecule has 5 heteroatoms. The van der Waals surface area contributed by atoms with Gasteiger partial charge in [0.15, 0.2) is 0 Å². The van der Waals surface area contributed by atoms with Gasteiger partial charge >= 0.3 is 0 Å². The maximum atomic E-state index is 12.8. The first-order valence-electron chi connectivity index (χ1n) is 9.90. The number of anilines is 2. The summed E-state index contributed by atoms with van der Waals surface area (Å²) in [6.07, 6.45) is 2.45. The molecule has 0 spiro atoms. The summed E-state index contributed by atoms with van der Waals surface area (Å²) in [7, 11) is 0. The van der Waals surface area contributed by atoms with E-state index in [9.17, 15) is 9.59 Å². The minimum Gasteiger partial charge on any atom is -0.372 e. The molecule has 1 unspecified atom stereocenters. The van der Waals surface area contributed by atoms with Crippen LogP contribution in [0.25, 0.3) is 0 Å². The van der Waals surface area contributed by atoms with Crippen LogP contribution >= 0.6 is 0 Å². The van der Waals surface area contributed by atoms with Crippen molar-refractivity contribution in [3.05, 3.63) is 60.2 Å². The molecule has 1 aliphatic rings. The fraction of sp³-hybridized carbons (Fsp3) is 0.391. The summed E-state index contributed by atoms with van der Waals surface area (Å²) in [6, 6.07) is 17.4. The van der Waals surface area contributed by atoms with Crippen molar-refractivity contribution in [1.29, 1.82) is 0 Å². The molecule has 2 aromatic carbocycles. The van der Waals surface area contributed by atoms with Crippen LogP contribution in [0.15, 0.2) is 54.6 Å². The number of nitrogens with zero attached hydrogens (tertiary/aromatic N) is 1. The Morgan fingerprint density at radius 2 is 1.54 bits per heavy atom. The van der Waals surface area contributed by atoms with E-state index in [1.807, 2.05) is 61.5 Å². The Morgan fingerprint density at radius 1 is 0.929 bits per heavy atom. The zero-order valence-corrected chi connectivity index (χ0v) is 16.9. The van der Waals surface area contributed by atoms with E-state index in [4.69, 9.17) is 0 Å². The van der Waals surface area contributed by atoms with Gasteiger partial charge in [0, 0.05) is 24.5 Å². The molecule has 2 N–H and O–H groups in total. The molecule has 3 rings (SSSR count). The fourth-order valence-corrected chi connectivity index (χ4v) is 3.32. The van der Waals surface area contributed by atoms with Gasteiger partial charge in [0.1, 0.15) is 5.41 Å². The lowest BCUT2D eigenvalue weighted by Gasteiger charge is -2.25. The highest BCUT2D eigenvalue weighted by atomic mass is 16.2. The van der Waals surface area contributed by atoms with E-state index in [1.54, 1.807) is 13.8 Å². The van der Waals surface area contributed by atoms with Crippen molar-refractivity contribution in [3.63, 3.8) is 0 Å². The normalized spacial score (nSPS) is 15.2. The Kier molecular flexibility index (Phi) is 6.02. The Labute approximate surface area is 167 Å². The summed E-state index contributed by atoms with van der Waals surface area (Å²) < 4.78 is 0. The van der Waals surface area contributed by atoms with Gasteiger partial charge in [-0.3, -0.25) is 9.59 Å². The Morgan fingerprint density at radius 3 is 2.14 bits per heavy atom. The average Bonchev–Trinajstić information content (AvgIpc) is 3.24. The molecular weight excluding hydrogens is 350 g/mol. The second-order valence-electron chi connectivity index (χ2n) is 7.93. The van der Waals surface area contributed by atoms with E-state index < -0.39 is 5.41 Å². The van der Waals surface area contributed by atoms with Crippen LogP contribution in [0.1, 0.15) is 45.2 Å². The fourth-order valence-electron chi connectivity index (χ4n) is 3.32. The second kappa shape index (κ2) is 8.46. The van der Waals surface area contributed by atoms with Gasteiger partial charge in [-0.05, 0) is 63.4 Å². The van der Waals surface area contributed by atoms with Gasteiger partial charge in [-0.1, -0.05) is 30.3 Å². The van der Waals surface area contributed by atoms with Crippen LogP contribution in [0.2, 0.25) is 0 Å². The lowest BCUT2D eigenvalue weighted by molar-refractivity contribution is -0.138. The van der Waals surface area contributed by atoms with Gasteiger partial charge in [0.25, 0.3) is 0 Å². The SMILES string of the molecule is CC(NC(=O)C(C)(C)C(=O)Nc1ccc(N2CCCC2)cc1)c1ccccc1. The number of hydrogen-bond donors (Lipinski definition) is 2. The molecule has 148 valence electrons. The van der Waals surface area contributed by atoms with E-state index in [1.165, 1.54) is 18.5 Å².